The molecule has 31 heavy (non-hydrogen) atoms. The molecule has 4 aromatic rings. The summed E-state index contributed by atoms with van der Waals surface area (Å²) in [5.74, 6) is 0.593. The van der Waals surface area contributed by atoms with E-state index in [1.54, 1.807) is 0 Å². The van der Waals surface area contributed by atoms with Crippen molar-refractivity contribution in [3.05, 3.63) is 77.4 Å². The summed E-state index contributed by atoms with van der Waals surface area (Å²) in [6.07, 6.45) is 11.3. The molecule has 0 atom stereocenters. The molecule has 1 aliphatic rings. The highest BCUT2D eigenvalue weighted by Crippen LogP contribution is 2.34. The Morgan fingerprint density at radius 3 is 2.45 bits per heavy atom. The zero-order valence-corrected chi connectivity index (χ0v) is 18.9. The van der Waals surface area contributed by atoms with Gasteiger partial charge in [-0.15, -0.1) is 0 Å². The Labute approximate surface area is 184 Å². The lowest BCUT2D eigenvalue weighted by atomic mass is 9.95. The predicted octanol–water partition coefficient (Wildman–Crippen LogP) is 6.37. The first kappa shape index (κ1) is 19.9. The number of nitrogens with zero attached hydrogens (tertiary/aromatic N) is 3. The minimum atomic E-state index is 0.593. The van der Waals surface area contributed by atoms with Gasteiger partial charge in [-0.05, 0) is 56.2 Å². The summed E-state index contributed by atoms with van der Waals surface area (Å²) < 4.78 is 2.24. The Morgan fingerprint density at radius 1 is 0.903 bits per heavy atom. The number of rotatable bonds is 3. The van der Waals surface area contributed by atoms with Crippen molar-refractivity contribution in [2.24, 2.45) is 7.05 Å². The zero-order chi connectivity index (χ0) is 21.5. The van der Waals surface area contributed by atoms with Crippen LogP contribution in [0.3, 0.4) is 0 Å². The topological polar surface area (TPSA) is 29.7 Å². The van der Waals surface area contributed by atoms with E-state index < -0.39 is 0 Å². The van der Waals surface area contributed by atoms with Crippen LogP contribution in [0, 0.1) is 20.8 Å². The number of aromatic nitrogens is 3. The average molecular weight is 409 g/mol. The molecule has 0 unspecified atom stereocenters. The largest absolute Gasteiger partial charge is 0.257 e. The van der Waals surface area contributed by atoms with E-state index in [0.717, 1.165) is 17.0 Å². The predicted molar refractivity (Wildman–Crippen MR) is 127 cm³/mol. The molecule has 0 amide bonds. The van der Waals surface area contributed by atoms with Crippen LogP contribution in [-0.2, 0) is 7.05 Å². The van der Waals surface area contributed by atoms with E-state index in [1.807, 2.05) is 12.4 Å². The highest BCUT2D eigenvalue weighted by atomic mass is 14.9. The van der Waals surface area contributed by atoms with Crippen molar-refractivity contribution in [2.75, 3.05) is 0 Å². The lowest BCUT2D eigenvalue weighted by Crippen LogP contribution is -2.30. The van der Waals surface area contributed by atoms with Crippen molar-refractivity contribution in [3.63, 3.8) is 0 Å². The Hall–Kier alpha value is -3.07. The Kier molecular flexibility index (Phi) is 5.05. The van der Waals surface area contributed by atoms with Crippen molar-refractivity contribution >= 4 is 10.8 Å². The molecule has 156 valence electrons. The maximum Gasteiger partial charge on any atom is 0.213 e. The lowest BCUT2D eigenvalue weighted by molar-refractivity contribution is -0.659. The van der Waals surface area contributed by atoms with Gasteiger partial charge in [0.05, 0.1) is 23.0 Å². The highest BCUT2D eigenvalue weighted by Gasteiger charge is 2.20. The molecule has 5 rings (SSSR count). The normalized spacial score (nSPS) is 14.5. The fourth-order valence-corrected chi connectivity index (χ4v) is 5.07. The number of benzene rings is 2. The maximum absolute atomic E-state index is 4.82. The molecule has 0 saturated heterocycles. The summed E-state index contributed by atoms with van der Waals surface area (Å²) in [4.78, 5) is 9.61. The second-order valence-corrected chi connectivity index (χ2v) is 9.14. The van der Waals surface area contributed by atoms with E-state index in [-0.39, 0.29) is 0 Å². The summed E-state index contributed by atoms with van der Waals surface area (Å²) in [5.41, 5.74) is 9.74. The van der Waals surface area contributed by atoms with E-state index in [0.29, 0.717) is 5.92 Å². The minimum absolute atomic E-state index is 0.593. The van der Waals surface area contributed by atoms with Gasteiger partial charge in [0.25, 0.3) is 0 Å². The smallest absolute Gasteiger partial charge is 0.213 e. The number of hydrogen-bond acceptors (Lipinski definition) is 2. The van der Waals surface area contributed by atoms with Gasteiger partial charge in [-0.25, -0.2) is 4.57 Å². The second kappa shape index (κ2) is 7.88. The van der Waals surface area contributed by atoms with Crippen molar-refractivity contribution in [3.8, 4) is 22.5 Å². The van der Waals surface area contributed by atoms with Crippen LogP contribution in [0.5, 0.6) is 0 Å². The average Bonchev–Trinajstić information content (AvgIpc) is 3.31. The van der Waals surface area contributed by atoms with Crippen molar-refractivity contribution in [2.45, 2.75) is 52.4 Å². The van der Waals surface area contributed by atoms with Gasteiger partial charge in [-0.1, -0.05) is 42.7 Å². The third kappa shape index (κ3) is 3.63. The molecule has 1 aliphatic carbocycles. The zero-order valence-electron chi connectivity index (χ0n) is 18.9. The van der Waals surface area contributed by atoms with E-state index in [9.17, 15) is 0 Å². The van der Waals surface area contributed by atoms with E-state index >= 15 is 0 Å². The van der Waals surface area contributed by atoms with Crippen LogP contribution in [0.1, 0.15) is 54.0 Å². The van der Waals surface area contributed by atoms with Gasteiger partial charge in [-0.3, -0.25) is 9.97 Å². The van der Waals surface area contributed by atoms with Crippen molar-refractivity contribution < 1.29 is 4.57 Å². The first-order valence-corrected chi connectivity index (χ1v) is 11.3. The van der Waals surface area contributed by atoms with Gasteiger partial charge in [0.2, 0.25) is 5.69 Å². The second-order valence-electron chi connectivity index (χ2n) is 9.14. The van der Waals surface area contributed by atoms with Crippen LogP contribution < -0.4 is 4.57 Å². The summed E-state index contributed by atoms with van der Waals surface area (Å²) in [7, 11) is 2.14. The maximum atomic E-state index is 4.82. The number of pyridine rings is 1. The molecule has 3 nitrogen and oxygen atoms in total. The summed E-state index contributed by atoms with van der Waals surface area (Å²) in [5, 5.41) is 2.43. The van der Waals surface area contributed by atoms with Gasteiger partial charge in [-0.2, -0.15) is 0 Å². The standard InChI is InChI=1S/C28H30N3/c1-18-12-19(2)20(3)24(13-18)28-14-22-10-7-11-23(25(22)17-31(28)4)27-16-29-26(15-30-27)21-8-5-6-9-21/h7,10-17,21H,5-6,8-9H2,1-4H3/q+1. The number of aryl methyl sites for hydroxylation is 3. The van der Waals surface area contributed by atoms with Crippen LogP contribution in [0.25, 0.3) is 33.3 Å². The first-order valence-electron chi connectivity index (χ1n) is 11.3. The molecule has 0 aliphatic heterocycles. The van der Waals surface area contributed by atoms with Gasteiger partial charge in [0.1, 0.15) is 7.05 Å². The van der Waals surface area contributed by atoms with Crippen LogP contribution in [-0.4, -0.2) is 9.97 Å². The number of fused-ring (bicyclic) bond motifs is 1. The van der Waals surface area contributed by atoms with Gasteiger partial charge < -0.3 is 0 Å². The molecule has 2 heterocycles. The molecule has 0 spiro atoms. The molecule has 2 aromatic heterocycles. The first-order chi connectivity index (χ1) is 15.0. The van der Waals surface area contributed by atoms with Crippen LogP contribution >= 0.6 is 0 Å². The minimum Gasteiger partial charge on any atom is -0.257 e. The molecule has 3 heteroatoms. The quantitative estimate of drug-likeness (QED) is 0.369. The van der Waals surface area contributed by atoms with Gasteiger partial charge >= 0.3 is 0 Å². The van der Waals surface area contributed by atoms with E-state index in [4.69, 9.17) is 9.97 Å². The molecule has 0 N–H and O–H groups in total. The fraction of sp³-hybridized carbons (Fsp3) is 0.321. The van der Waals surface area contributed by atoms with Crippen LogP contribution in [0.2, 0.25) is 0 Å². The third-order valence-electron chi connectivity index (χ3n) is 6.94. The highest BCUT2D eigenvalue weighted by molar-refractivity contribution is 5.96. The molecule has 0 bridgehead atoms. The SMILES string of the molecule is Cc1cc(C)c(C)c(-c2cc3cccc(-c4cnc(C5CCCC5)cn4)c3c[n+]2C)c1. The Morgan fingerprint density at radius 2 is 1.71 bits per heavy atom. The third-order valence-corrected chi connectivity index (χ3v) is 6.94. The van der Waals surface area contributed by atoms with Crippen molar-refractivity contribution in [1.29, 1.82) is 0 Å². The van der Waals surface area contributed by atoms with Crippen LogP contribution in [0.4, 0.5) is 0 Å². The summed E-state index contributed by atoms with van der Waals surface area (Å²) in [6.45, 7) is 6.58. The fourth-order valence-electron chi connectivity index (χ4n) is 5.07. The molecule has 1 saturated carbocycles. The lowest BCUT2D eigenvalue weighted by Gasteiger charge is -2.12. The number of hydrogen-bond donors (Lipinski definition) is 0. The Bertz CT molecular complexity index is 1270. The van der Waals surface area contributed by atoms with Crippen molar-refractivity contribution in [1.82, 2.24) is 9.97 Å². The Balaban J connectivity index is 1.60. The summed E-state index contributed by atoms with van der Waals surface area (Å²) in [6, 6.07) is 13.3. The van der Waals surface area contributed by atoms with E-state index in [1.165, 1.54) is 64.4 Å². The molecule has 1 fully saturated rings. The molecule has 2 aromatic carbocycles. The molecular formula is C28H30N3+. The monoisotopic (exact) mass is 408 g/mol. The molecule has 0 radical (unpaired) electrons. The van der Waals surface area contributed by atoms with Crippen LogP contribution in [0.15, 0.2) is 55.0 Å². The van der Waals surface area contributed by atoms with Gasteiger partial charge in [0.15, 0.2) is 6.20 Å². The molecular weight excluding hydrogens is 378 g/mol. The van der Waals surface area contributed by atoms with E-state index in [2.05, 4.69) is 75.0 Å². The van der Waals surface area contributed by atoms with Gasteiger partial charge in [0, 0.05) is 29.3 Å². The summed E-state index contributed by atoms with van der Waals surface area (Å²) >= 11 is 0.